The van der Waals surface area contributed by atoms with Crippen LogP contribution in [0.25, 0.3) is 0 Å². The maximum atomic E-state index is 12.0. The molecule has 2 heterocycles. The minimum atomic E-state index is -0.0863. The van der Waals surface area contributed by atoms with E-state index in [1.165, 1.54) is 38.5 Å². The number of hydrogen-bond donors (Lipinski definition) is 1. The lowest BCUT2D eigenvalue weighted by molar-refractivity contribution is -0.121. The minimum absolute atomic E-state index is 0.0863. The molecule has 2 amide bonds. The Morgan fingerprint density at radius 1 is 1.20 bits per heavy atom. The van der Waals surface area contributed by atoms with Crippen molar-refractivity contribution in [3.05, 3.63) is 11.6 Å². The molecule has 1 aromatic rings. The number of nitrogens with zero attached hydrogens (tertiary/aromatic N) is 4. The average Bonchev–Trinajstić information content (AvgIpc) is 3.03. The molecule has 2 aliphatic rings. The molecule has 7 heteroatoms. The van der Waals surface area contributed by atoms with Crippen LogP contribution in [0, 0.1) is 5.92 Å². The first kappa shape index (κ1) is 17.9. The van der Waals surface area contributed by atoms with Gasteiger partial charge in [0.2, 0.25) is 11.7 Å². The van der Waals surface area contributed by atoms with Gasteiger partial charge in [-0.2, -0.15) is 0 Å². The van der Waals surface area contributed by atoms with Crippen molar-refractivity contribution in [1.82, 2.24) is 25.0 Å². The summed E-state index contributed by atoms with van der Waals surface area (Å²) in [6.45, 7) is 1.93. The molecule has 138 valence electrons. The van der Waals surface area contributed by atoms with Crippen LogP contribution in [0.4, 0.5) is 0 Å². The fraction of sp³-hybridized carbons (Fsp3) is 0.778. The molecule has 0 unspecified atom stereocenters. The Balaban J connectivity index is 1.36. The Morgan fingerprint density at radius 3 is 2.80 bits per heavy atom. The molecule has 25 heavy (non-hydrogen) atoms. The summed E-state index contributed by atoms with van der Waals surface area (Å²) in [6, 6.07) is 0. The zero-order chi connectivity index (χ0) is 17.6. The van der Waals surface area contributed by atoms with E-state index in [9.17, 15) is 9.59 Å². The van der Waals surface area contributed by atoms with Crippen molar-refractivity contribution in [1.29, 1.82) is 0 Å². The number of rotatable bonds is 7. The van der Waals surface area contributed by atoms with E-state index in [2.05, 4.69) is 15.5 Å². The van der Waals surface area contributed by atoms with E-state index < -0.39 is 0 Å². The summed E-state index contributed by atoms with van der Waals surface area (Å²) in [5.41, 5.74) is 0. The zero-order valence-electron chi connectivity index (χ0n) is 15.2. The summed E-state index contributed by atoms with van der Waals surface area (Å²) < 4.78 is 1.87. The van der Waals surface area contributed by atoms with Gasteiger partial charge in [-0.15, -0.1) is 10.2 Å². The molecule has 0 saturated heterocycles. The molecule has 0 aromatic carbocycles. The van der Waals surface area contributed by atoms with Crippen LogP contribution < -0.4 is 5.32 Å². The topological polar surface area (TPSA) is 80.1 Å². The first-order valence-electron chi connectivity index (χ1n) is 9.59. The van der Waals surface area contributed by atoms with Gasteiger partial charge in [-0.1, -0.05) is 32.1 Å². The van der Waals surface area contributed by atoms with Gasteiger partial charge in [-0.3, -0.25) is 9.59 Å². The van der Waals surface area contributed by atoms with Gasteiger partial charge in [-0.05, 0) is 18.8 Å². The third-order valence-corrected chi connectivity index (χ3v) is 5.44. The smallest absolute Gasteiger partial charge is 0.291 e. The summed E-state index contributed by atoms with van der Waals surface area (Å²) >= 11 is 0. The van der Waals surface area contributed by atoms with Crippen LogP contribution in [-0.2, 0) is 17.8 Å². The summed E-state index contributed by atoms with van der Waals surface area (Å²) in [4.78, 5) is 25.6. The SMILES string of the molecule is CN1CCn2c(CCNC(=O)CCCC3CCCCC3)nnc2C1=O. The molecule has 1 aromatic heterocycles. The molecular formula is C18H29N5O2. The van der Waals surface area contributed by atoms with Crippen LogP contribution in [0.5, 0.6) is 0 Å². The highest BCUT2D eigenvalue weighted by Gasteiger charge is 2.26. The molecule has 7 nitrogen and oxygen atoms in total. The van der Waals surface area contributed by atoms with Gasteiger partial charge >= 0.3 is 0 Å². The monoisotopic (exact) mass is 347 g/mol. The zero-order valence-corrected chi connectivity index (χ0v) is 15.2. The summed E-state index contributed by atoms with van der Waals surface area (Å²) in [6.07, 6.45) is 10.2. The molecule has 3 rings (SSSR count). The lowest BCUT2D eigenvalue weighted by Gasteiger charge is -2.23. The van der Waals surface area contributed by atoms with Crippen LogP contribution in [-0.4, -0.2) is 51.6 Å². The van der Waals surface area contributed by atoms with Crippen molar-refractivity contribution >= 4 is 11.8 Å². The van der Waals surface area contributed by atoms with Crippen LogP contribution in [0.2, 0.25) is 0 Å². The highest BCUT2D eigenvalue weighted by Crippen LogP contribution is 2.27. The summed E-state index contributed by atoms with van der Waals surface area (Å²) in [7, 11) is 1.77. The second-order valence-electron chi connectivity index (χ2n) is 7.31. The predicted octanol–water partition coefficient (Wildman–Crippen LogP) is 1.77. The van der Waals surface area contributed by atoms with Crippen molar-refractivity contribution in [3.8, 4) is 0 Å². The third kappa shape index (κ3) is 4.58. The fourth-order valence-electron chi connectivity index (χ4n) is 3.86. The number of carbonyl (C=O) groups excluding carboxylic acids is 2. The Morgan fingerprint density at radius 2 is 2.00 bits per heavy atom. The third-order valence-electron chi connectivity index (χ3n) is 5.44. The molecule has 1 N–H and O–H groups in total. The first-order chi connectivity index (χ1) is 12.1. The van der Waals surface area contributed by atoms with Gasteiger partial charge in [-0.25, -0.2) is 0 Å². The molecule has 1 aliphatic heterocycles. The lowest BCUT2D eigenvalue weighted by Crippen LogP contribution is -2.38. The van der Waals surface area contributed by atoms with Gasteiger partial charge in [0.05, 0.1) is 0 Å². The van der Waals surface area contributed by atoms with Crippen LogP contribution in [0.1, 0.15) is 67.8 Å². The molecule has 1 aliphatic carbocycles. The second-order valence-corrected chi connectivity index (χ2v) is 7.31. The van der Waals surface area contributed by atoms with Crippen molar-refractivity contribution < 1.29 is 9.59 Å². The van der Waals surface area contributed by atoms with Crippen LogP contribution in [0.3, 0.4) is 0 Å². The first-order valence-corrected chi connectivity index (χ1v) is 9.59. The maximum absolute atomic E-state index is 12.0. The minimum Gasteiger partial charge on any atom is -0.356 e. The lowest BCUT2D eigenvalue weighted by atomic mass is 9.86. The Kier molecular flexibility index (Phi) is 6.04. The largest absolute Gasteiger partial charge is 0.356 e. The Labute approximate surface area is 149 Å². The molecule has 0 atom stereocenters. The number of carbonyl (C=O) groups is 2. The van der Waals surface area contributed by atoms with E-state index >= 15 is 0 Å². The van der Waals surface area contributed by atoms with E-state index in [0.717, 1.165) is 24.7 Å². The number of hydrogen-bond acceptors (Lipinski definition) is 4. The fourth-order valence-corrected chi connectivity index (χ4v) is 3.86. The molecule has 0 radical (unpaired) electrons. The number of aromatic nitrogens is 3. The Bertz CT molecular complexity index is 607. The van der Waals surface area contributed by atoms with Crippen molar-refractivity contribution in [2.75, 3.05) is 20.1 Å². The summed E-state index contributed by atoms with van der Waals surface area (Å²) in [5, 5.41) is 11.1. The van der Waals surface area contributed by atoms with Crippen LogP contribution >= 0.6 is 0 Å². The van der Waals surface area contributed by atoms with Gasteiger partial charge in [0, 0.05) is 39.5 Å². The van der Waals surface area contributed by atoms with Gasteiger partial charge in [0.1, 0.15) is 5.82 Å². The molecule has 0 spiro atoms. The van der Waals surface area contributed by atoms with E-state index in [0.29, 0.717) is 31.8 Å². The number of amides is 2. The highest BCUT2D eigenvalue weighted by molar-refractivity contribution is 5.91. The highest BCUT2D eigenvalue weighted by atomic mass is 16.2. The van der Waals surface area contributed by atoms with E-state index in [-0.39, 0.29) is 11.8 Å². The van der Waals surface area contributed by atoms with Gasteiger partial charge in [0.15, 0.2) is 0 Å². The van der Waals surface area contributed by atoms with Gasteiger partial charge < -0.3 is 14.8 Å². The number of likely N-dealkylation sites (N-methyl/N-ethyl adjacent to an activating group) is 1. The van der Waals surface area contributed by atoms with Crippen LogP contribution in [0.15, 0.2) is 0 Å². The van der Waals surface area contributed by atoms with Crippen molar-refractivity contribution in [2.45, 2.75) is 64.3 Å². The molecule has 0 bridgehead atoms. The Hall–Kier alpha value is -1.92. The quantitative estimate of drug-likeness (QED) is 0.815. The summed E-state index contributed by atoms with van der Waals surface area (Å²) in [5.74, 6) is 2.04. The van der Waals surface area contributed by atoms with Crippen molar-refractivity contribution in [3.63, 3.8) is 0 Å². The van der Waals surface area contributed by atoms with Gasteiger partial charge in [0.25, 0.3) is 5.91 Å². The number of fused-ring (bicyclic) bond motifs is 1. The van der Waals surface area contributed by atoms with E-state index in [4.69, 9.17) is 0 Å². The van der Waals surface area contributed by atoms with E-state index in [1.54, 1.807) is 11.9 Å². The maximum Gasteiger partial charge on any atom is 0.291 e. The van der Waals surface area contributed by atoms with E-state index in [1.807, 2.05) is 4.57 Å². The number of nitrogens with one attached hydrogen (secondary N) is 1. The average molecular weight is 347 g/mol. The van der Waals surface area contributed by atoms with Crippen molar-refractivity contribution in [2.24, 2.45) is 5.92 Å². The molecular weight excluding hydrogens is 318 g/mol. The molecule has 1 fully saturated rings. The predicted molar refractivity (Wildman–Crippen MR) is 94.1 cm³/mol. The second kappa shape index (κ2) is 8.45. The normalized spacial score (nSPS) is 18.3. The molecule has 1 saturated carbocycles. The standard InChI is InChI=1S/C18H29N5O2/c1-22-12-13-23-15(20-21-17(23)18(22)25)10-11-19-16(24)9-5-8-14-6-3-2-4-7-14/h14H,2-13H2,1H3,(H,19,24).